The van der Waals surface area contributed by atoms with Gasteiger partial charge in [0, 0.05) is 27.7 Å². The summed E-state index contributed by atoms with van der Waals surface area (Å²) < 4.78 is 58.3. The highest BCUT2D eigenvalue weighted by molar-refractivity contribution is 7.00. The van der Waals surface area contributed by atoms with Crippen LogP contribution in [-0.2, 0) is 61.2 Å². The molecule has 8 atom stereocenters. The van der Waals surface area contributed by atoms with Crippen LogP contribution >= 0.6 is 0 Å². The molecule has 0 N–H and O–H groups in total. The second kappa shape index (κ2) is 21.7. The number of carbonyl (C=O) groups is 4. The zero-order valence-corrected chi connectivity index (χ0v) is 42.0. The highest BCUT2D eigenvalue weighted by Gasteiger charge is 2.57. The molecular weight excluding hydrogens is 889 g/mol. The molecule has 13 nitrogen and oxygen atoms in total. The Morgan fingerprint density at radius 2 is 0.836 bits per heavy atom. The van der Waals surface area contributed by atoms with E-state index < -0.39 is 99.6 Å². The first-order valence-corrected chi connectivity index (χ1v) is 26.4. The lowest BCUT2D eigenvalue weighted by Gasteiger charge is -2.48. The lowest BCUT2D eigenvalue weighted by Crippen LogP contribution is -2.69. The highest BCUT2D eigenvalue weighted by atomic mass is 28.4. The smallest absolute Gasteiger partial charge is 0.303 e. The van der Waals surface area contributed by atoms with E-state index in [1.807, 2.05) is 97.1 Å². The minimum absolute atomic E-state index is 0.0468. The summed E-state index contributed by atoms with van der Waals surface area (Å²) in [6.45, 7) is 17.5. The van der Waals surface area contributed by atoms with Crippen LogP contribution in [0, 0.1) is 0 Å². The van der Waals surface area contributed by atoms with E-state index in [0.29, 0.717) is 0 Å². The van der Waals surface area contributed by atoms with E-state index in [2.05, 4.69) is 65.8 Å². The van der Waals surface area contributed by atoms with Gasteiger partial charge in [-0.25, -0.2) is 0 Å². The Bertz CT molecular complexity index is 2220. The average Bonchev–Trinajstić information content (AvgIpc) is 3.27. The van der Waals surface area contributed by atoms with E-state index in [0.717, 1.165) is 20.7 Å². The molecule has 4 aromatic carbocycles. The molecule has 0 bridgehead atoms. The molecular formula is C52H64O13Si2. The molecule has 0 radical (unpaired) electrons. The summed E-state index contributed by atoms with van der Waals surface area (Å²) in [6.07, 6.45) is -7.17. The summed E-state index contributed by atoms with van der Waals surface area (Å²) in [5.41, 5.74) is 0. The van der Waals surface area contributed by atoms with Crippen LogP contribution in [0.4, 0.5) is 0 Å². The fourth-order valence-electron chi connectivity index (χ4n) is 9.41. The normalized spacial score (nSPS) is 23.3. The third-order valence-electron chi connectivity index (χ3n) is 12.1. The largest absolute Gasteiger partial charge is 0.493 e. The number of hydrogen-bond donors (Lipinski definition) is 0. The Kier molecular flexibility index (Phi) is 16.5. The van der Waals surface area contributed by atoms with Crippen molar-refractivity contribution in [3.8, 4) is 0 Å². The SMILES string of the molecule is CC(=O)O[C@H]1[C@@H](OC(C)=O)[C@@H](CO[Si](c2ccccc2)(c2ccccc2)C(C)(C)C)O[C@@H](O[C@H]2[C@H](OC(C)=O)C=CO[C@@H]2CO[Si](c2ccccc2)(c2ccccc2)C(C)(C)C)[C@@H]1OC(C)=O. The van der Waals surface area contributed by atoms with Gasteiger partial charge in [0.25, 0.3) is 16.6 Å². The molecule has 0 aliphatic carbocycles. The fourth-order valence-corrected chi connectivity index (χ4v) is 18.5. The van der Waals surface area contributed by atoms with Gasteiger partial charge in [0.05, 0.1) is 19.5 Å². The molecule has 1 fully saturated rings. The standard InChI is InChI=1S/C52H64O13Si2/c1-35(53)60-43-31-32-57-44(33-58-66(51(5,6)7,39-23-15-11-16-24-39)40-25-17-12-18-26-40)46(43)65-50-49(63-38(4)56)48(62-37(3)55)47(61-36(2)54)45(64-50)34-59-67(52(8,9)10,41-27-19-13-20-28-41)42-29-21-14-22-30-42/h11-32,43-50H,33-34H2,1-10H3/t43-,44-,45-,46+,47+,48+,49-,50+/m1/s1. The van der Waals surface area contributed by atoms with Crippen LogP contribution in [0.15, 0.2) is 134 Å². The summed E-state index contributed by atoms with van der Waals surface area (Å²) in [7, 11) is -6.42. The van der Waals surface area contributed by atoms with E-state index in [4.69, 9.17) is 42.0 Å². The maximum Gasteiger partial charge on any atom is 0.303 e. The van der Waals surface area contributed by atoms with Crippen molar-refractivity contribution >= 4 is 61.3 Å². The van der Waals surface area contributed by atoms with E-state index in [1.165, 1.54) is 34.0 Å². The maximum atomic E-state index is 13.0. The van der Waals surface area contributed by atoms with Gasteiger partial charge in [0.1, 0.15) is 18.3 Å². The van der Waals surface area contributed by atoms with E-state index in [-0.39, 0.29) is 13.2 Å². The molecule has 15 heteroatoms. The fraction of sp³-hybridized carbons (Fsp3) is 0.423. The van der Waals surface area contributed by atoms with Gasteiger partial charge in [-0.15, -0.1) is 0 Å². The van der Waals surface area contributed by atoms with Crippen LogP contribution < -0.4 is 20.7 Å². The number of carbonyl (C=O) groups excluding carboxylic acids is 4. The number of ether oxygens (including phenoxy) is 7. The van der Waals surface area contributed by atoms with Gasteiger partial charge in [-0.2, -0.15) is 0 Å². The molecule has 2 aliphatic rings. The second-order valence-electron chi connectivity index (χ2n) is 18.9. The summed E-state index contributed by atoms with van der Waals surface area (Å²) >= 11 is 0. The summed E-state index contributed by atoms with van der Waals surface area (Å²) in [6, 6.07) is 40.1. The first-order valence-electron chi connectivity index (χ1n) is 22.6. The Balaban J connectivity index is 1.45. The van der Waals surface area contributed by atoms with Crippen molar-refractivity contribution in [2.45, 2.75) is 128 Å². The molecule has 0 amide bonds. The van der Waals surface area contributed by atoms with E-state index in [1.54, 1.807) is 6.08 Å². The van der Waals surface area contributed by atoms with Gasteiger partial charge < -0.3 is 42.0 Å². The maximum absolute atomic E-state index is 13.0. The van der Waals surface area contributed by atoms with Gasteiger partial charge in [-0.3, -0.25) is 19.2 Å². The van der Waals surface area contributed by atoms with Crippen LogP contribution in [0.25, 0.3) is 0 Å². The Morgan fingerprint density at radius 3 is 1.21 bits per heavy atom. The van der Waals surface area contributed by atoms with Crippen LogP contribution in [0.3, 0.4) is 0 Å². The third kappa shape index (κ3) is 11.5. The first kappa shape index (κ1) is 51.0. The minimum Gasteiger partial charge on any atom is -0.493 e. The van der Waals surface area contributed by atoms with Gasteiger partial charge in [-0.05, 0) is 36.9 Å². The number of hydrogen-bond acceptors (Lipinski definition) is 13. The minimum atomic E-state index is -3.26. The Hall–Kier alpha value is -5.43. The molecule has 0 saturated carbocycles. The molecule has 2 aliphatic heterocycles. The Labute approximate surface area is 396 Å². The number of benzene rings is 4. The van der Waals surface area contributed by atoms with Crippen LogP contribution in [0.5, 0.6) is 0 Å². The van der Waals surface area contributed by atoms with Crippen molar-refractivity contribution in [2.75, 3.05) is 13.2 Å². The van der Waals surface area contributed by atoms with Crippen LogP contribution in [0.1, 0.15) is 69.2 Å². The predicted octanol–water partition coefficient (Wildman–Crippen LogP) is 5.89. The van der Waals surface area contributed by atoms with Crippen molar-refractivity contribution in [3.63, 3.8) is 0 Å². The molecule has 358 valence electrons. The molecule has 1 saturated heterocycles. The highest BCUT2D eigenvalue weighted by Crippen LogP contribution is 2.40. The van der Waals surface area contributed by atoms with Crippen molar-refractivity contribution < 1.29 is 61.2 Å². The molecule has 4 aromatic rings. The molecule has 0 spiro atoms. The molecule has 67 heavy (non-hydrogen) atoms. The lowest BCUT2D eigenvalue weighted by molar-refractivity contribution is -0.327. The van der Waals surface area contributed by atoms with Gasteiger partial charge in [0.2, 0.25) is 0 Å². The second-order valence-corrected chi connectivity index (χ2v) is 27.5. The third-order valence-corrected chi connectivity index (χ3v) is 22.1. The first-order chi connectivity index (χ1) is 31.8. The molecule has 0 unspecified atom stereocenters. The lowest BCUT2D eigenvalue weighted by atomic mass is 9.97. The topological polar surface area (TPSA) is 151 Å². The van der Waals surface area contributed by atoms with Crippen LogP contribution in [0.2, 0.25) is 10.1 Å². The van der Waals surface area contributed by atoms with Gasteiger partial charge in [0.15, 0.2) is 30.7 Å². The van der Waals surface area contributed by atoms with Gasteiger partial charge in [-0.1, -0.05) is 163 Å². The van der Waals surface area contributed by atoms with Crippen LogP contribution in [-0.4, -0.2) is 103 Å². The summed E-state index contributed by atoms with van der Waals surface area (Å²) in [4.78, 5) is 51.7. The quantitative estimate of drug-likeness (QED) is 0.0747. The summed E-state index contributed by atoms with van der Waals surface area (Å²) in [5.74, 6) is -2.80. The molecule has 2 heterocycles. The molecule has 0 aromatic heterocycles. The van der Waals surface area contributed by atoms with Gasteiger partial charge >= 0.3 is 23.9 Å². The van der Waals surface area contributed by atoms with Crippen molar-refractivity contribution in [2.24, 2.45) is 0 Å². The molecule has 6 rings (SSSR count). The zero-order valence-electron chi connectivity index (χ0n) is 40.0. The van der Waals surface area contributed by atoms with Crippen molar-refractivity contribution in [1.29, 1.82) is 0 Å². The average molecular weight is 953 g/mol. The summed E-state index contributed by atoms with van der Waals surface area (Å²) in [5, 5.41) is 3.16. The monoisotopic (exact) mass is 952 g/mol. The van der Waals surface area contributed by atoms with E-state index >= 15 is 0 Å². The zero-order chi connectivity index (χ0) is 48.6. The number of esters is 4. The van der Waals surface area contributed by atoms with E-state index in [9.17, 15) is 19.2 Å². The predicted molar refractivity (Wildman–Crippen MR) is 257 cm³/mol. The number of rotatable bonds is 16. The van der Waals surface area contributed by atoms with Crippen molar-refractivity contribution in [3.05, 3.63) is 134 Å². The van der Waals surface area contributed by atoms with Crippen molar-refractivity contribution in [1.82, 2.24) is 0 Å². The Morgan fingerprint density at radius 1 is 0.478 bits per heavy atom.